The SMILES string of the molecule is CC1CC(=O)C[C@H](C)N1. The Balaban J connectivity index is 2.43. The Morgan fingerprint density at radius 1 is 1.33 bits per heavy atom. The van der Waals surface area contributed by atoms with E-state index < -0.39 is 0 Å². The van der Waals surface area contributed by atoms with Crippen LogP contribution >= 0.6 is 0 Å². The Morgan fingerprint density at radius 2 is 1.78 bits per heavy atom. The molecule has 2 nitrogen and oxygen atoms in total. The van der Waals surface area contributed by atoms with Gasteiger partial charge in [0, 0.05) is 24.9 Å². The third-order valence-corrected chi connectivity index (χ3v) is 1.64. The quantitative estimate of drug-likeness (QED) is 0.519. The second-order valence-corrected chi connectivity index (χ2v) is 2.92. The van der Waals surface area contributed by atoms with Crippen molar-refractivity contribution in [2.45, 2.75) is 38.8 Å². The van der Waals surface area contributed by atoms with Crippen LogP contribution in [0.3, 0.4) is 0 Å². The van der Waals surface area contributed by atoms with Crippen LogP contribution in [0.15, 0.2) is 0 Å². The smallest absolute Gasteiger partial charge is 0.135 e. The summed E-state index contributed by atoms with van der Waals surface area (Å²) < 4.78 is 0. The molecule has 1 saturated heterocycles. The van der Waals surface area contributed by atoms with Gasteiger partial charge in [-0.2, -0.15) is 0 Å². The minimum Gasteiger partial charge on any atom is -0.311 e. The van der Waals surface area contributed by atoms with Crippen molar-refractivity contribution in [1.29, 1.82) is 0 Å². The van der Waals surface area contributed by atoms with Crippen molar-refractivity contribution in [3.63, 3.8) is 0 Å². The zero-order valence-electron chi connectivity index (χ0n) is 5.98. The Kier molecular flexibility index (Phi) is 1.86. The van der Waals surface area contributed by atoms with E-state index in [0.717, 1.165) is 0 Å². The van der Waals surface area contributed by atoms with E-state index in [1.165, 1.54) is 0 Å². The minimum atomic E-state index is 0.390. The van der Waals surface area contributed by atoms with Crippen molar-refractivity contribution in [2.24, 2.45) is 0 Å². The molecule has 1 N–H and O–H groups in total. The molecule has 0 radical (unpaired) electrons. The summed E-state index contributed by atoms with van der Waals surface area (Å²) >= 11 is 0. The van der Waals surface area contributed by atoms with Gasteiger partial charge in [0.15, 0.2) is 0 Å². The number of Topliss-reactive ketones (excluding diaryl/α,β-unsaturated/α-hetero) is 1. The van der Waals surface area contributed by atoms with Gasteiger partial charge in [-0.15, -0.1) is 0 Å². The van der Waals surface area contributed by atoms with Crippen molar-refractivity contribution in [2.75, 3.05) is 0 Å². The Bertz CT molecular complexity index is 110. The Morgan fingerprint density at radius 3 is 2.11 bits per heavy atom. The third-order valence-electron chi connectivity index (χ3n) is 1.64. The fourth-order valence-electron chi connectivity index (χ4n) is 1.37. The summed E-state index contributed by atoms with van der Waals surface area (Å²) in [4.78, 5) is 10.8. The molecule has 2 heteroatoms. The number of ketones is 1. The first-order valence-electron chi connectivity index (χ1n) is 3.46. The van der Waals surface area contributed by atoms with E-state index in [0.29, 0.717) is 30.7 Å². The number of piperidine rings is 1. The molecular weight excluding hydrogens is 114 g/mol. The van der Waals surface area contributed by atoms with Crippen LogP contribution in [-0.2, 0) is 4.79 Å². The van der Waals surface area contributed by atoms with E-state index in [2.05, 4.69) is 5.32 Å². The van der Waals surface area contributed by atoms with Crippen molar-refractivity contribution in [3.05, 3.63) is 0 Å². The lowest BCUT2D eigenvalue weighted by Crippen LogP contribution is -2.42. The van der Waals surface area contributed by atoms with E-state index in [-0.39, 0.29) is 0 Å². The highest BCUT2D eigenvalue weighted by molar-refractivity contribution is 5.80. The lowest BCUT2D eigenvalue weighted by molar-refractivity contribution is -0.121. The molecule has 1 aliphatic heterocycles. The van der Waals surface area contributed by atoms with Gasteiger partial charge in [0.05, 0.1) is 0 Å². The Labute approximate surface area is 55.6 Å². The number of carbonyl (C=O) groups is 1. The molecule has 0 aromatic carbocycles. The summed E-state index contributed by atoms with van der Waals surface area (Å²) in [7, 11) is 0. The molecule has 0 bridgehead atoms. The molecule has 0 saturated carbocycles. The first-order chi connectivity index (χ1) is 4.18. The zero-order chi connectivity index (χ0) is 6.85. The molecule has 1 heterocycles. The van der Waals surface area contributed by atoms with E-state index in [1.807, 2.05) is 13.8 Å². The predicted molar refractivity (Wildman–Crippen MR) is 36.3 cm³/mol. The van der Waals surface area contributed by atoms with Crippen LogP contribution in [0.1, 0.15) is 26.7 Å². The van der Waals surface area contributed by atoms with Gasteiger partial charge in [-0.3, -0.25) is 4.79 Å². The summed E-state index contributed by atoms with van der Waals surface area (Å²) in [6.07, 6.45) is 1.43. The van der Waals surface area contributed by atoms with Gasteiger partial charge in [0.1, 0.15) is 5.78 Å². The van der Waals surface area contributed by atoms with Crippen LogP contribution in [0.5, 0.6) is 0 Å². The second kappa shape index (κ2) is 2.48. The summed E-state index contributed by atoms with van der Waals surface area (Å²) in [6.45, 7) is 4.10. The van der Waals surface area contributed by atoms with Crippen LogP contribution in [0.2, 0.25) is 0 Å². The number of hydrogen-bond donors (Lipinski definition) is 1. The molecule has 2 atom stereocenters. The summed E-state index contributed by atoms with van der Waals surface area (Å²) in [5, 5.41) is 3.29. The highest BCUT2D eigenvalue weighted by Gasteiger charge is 2.19. The lowest BCUT2D eigenvalue weighted by atomic mass is 10.00. The summed E-state index contributed by atoms with van der Waals surface area (Å²) in [6, 6.07) is 0.780. The molecular formula is C7H13NO. The van der Waals surface area contributed by atoms with Crippen LogP contribution in [-0.4, -0.2) is 17.9 Å². The molecule has 1 fully saturated rings. The van der Waals surface area contributed by atoms with Crippen LogP contribution in [0.25, 0.3) is 0 Å². The van der Waals surface area contributed by atoms with Crippen LogP contribution in [0.4, 0.5) is 0 Å². The highest BCUT2D eigenvalue weighted by Crippen LogP contribution is 2.07. The Hall–Kier alpha value is -0.370. The second-order valence-electron chi connectivity index (χ2n) is 2.92. The molecule has 1 aliphatic rings. The normalized spacial score (nSPS) is 36.9. The van der Waals surface area contributed by atoms with Gasteiger partial charge in [0.2, 0.25) is 0 Å². The van der Waals surface area contributed by atoms with E-state index in [9.17, 15) is 4.79 Å². The van der Waals surface area contributed by atoms with Gasteiger partial charge in [-0.05, 0) is 13.8 Å². The standard InChI is InChI=1S/C7H13NO/c1-5-3-7(9)4-6(2)8-5/h5-6,8H,3-4H2,1-2H3/t5-,6?/m0/s1. The highest BCUT2D eigenvalue weighted by atomic mass is 16.1. The molecule has 0 amide bonds. The third kappa shape index (κ3) is 1.79. The fourth-order valence-corrected chi connectivity index (χ4v) is 1.37. The monoisotopic (exact) mass is 127 g/mol. The lowest BCUT2D eigenvalue weighted by Gasteiger charge is -2.24. The van der Waals surface area contributed by atoms with Gasteiger partial charge in [0.25, 0.3) is 0 Å². The molecule has 0 aliphatic carbocycles. The van der Waals surface area contributed by atoms with E-state index in [4.69, 9.17) is 0 Å². The maximum absolute atomic E-state index is 10.8. The predicted octanol–water partition coefficient (Wildman–Crippen LogP) is 0.716. The fraction of sp³-hybridized carbons (Fsp3) is 0.857. The molecule has 9 heavy (non-hydrogen) atoms. The number of rotatable bonds is 0. The van der Waals surface area contributed by atoms with Gasteiger partial charge in [-0.25, -0.2) is 0 Å². The molecule has 52 valence electrons. The topological polar surface area (TPSA) is 29.1 Å². The van der Waals surface area contributed by atoms with Crippen molar-refractivity contribution >= 4 is 5.78 Å². The van der Waals surface area contributed by atoms with E-state index in [1.54, 1.807) is 0 Å². The molecule has 0 aromatic rings. The molecule has 1 unspecified atom stereocenters. The molecule has 1 rings (SSSR count). The molecule has 0 spiro atoms. The van der Waals surface area contributed by atoms with Crippen LogP contribution < -0.4 is 5.32 Å². The molecule has 0 aromatic heterocycles. The maximum atomic E-state index is 10.8. The average Bonchev–Trinajstić information content (AvgIpc) is 1.59. The van der Waals surface area contributed by atoms with Crippen molar-refractivity contribution < 1.29 is 4.79 Å². The number of nitrogens with one attached hydrogen (secondary N) is 1. The average molecular weight is 127 g/mol. The zero-order valence-corrected chi connectivity index (χ0v) is 5.98. The summed E-state index contributed by atoms with van der Waals surface area (Å²) in [5.41, 5.74) is 0. The van der Waals surface area contributed by atoms with Gasteiger partial charge >= 0.3 is 0 Å². The first kappa shape index (κ1) is 6.75. The van der Waals surface area contributed by atoms with E-state index >= 15 is 0 Å². The van der Waals surface area contributed by atoms with Crippen molar-refractivity contribution in [1.82, 2.24) is 5.32 Å². The largest absolute Gasteiger partial charge is 0.311 e. The van der Waals surface area contributed by atoms with Crippen LogP contribution in [0, 0.1) is 0 Å². The van der Waals surface area contributed by atoms with Gasteiger partial charge < -0.3 is 5.32 Å². The number of carbonyl (C=O) groups excluding carboxylic acids is 1. The number of hydrogen-bond acceptors (Lipinski definition) is 2. The minimum absolute atomic E-state index is 0.390. The first-order valence-corrected chi connectivity index (χ1v) is 3.46. The maximum Gasteiger partial charge on any atom is 0.135 e. The van der Waals surface area contributed by atoms with Gasteiger partial charge in [-0.1, -0.05) is 0 Å². The van der Waals surface area contributed by atoms with Crippen molar-refractivity contribution in [3.8, 4) is 0 Å². The summed E-state index contributed by atoms with van der Waals surface area (Å²) in [5.74, 6) is 0.397.